The number of fused-ring (bicyclic) bond motifs is 2. The maximum absolute atomic E-state index is 13.2. The van der Waals surface area contributed by atoms with Crippen LogP contribution in [0.3, 0.4) is 0 Å². The molecule has 2 N–H and O–H groups in total. The fraction of sp³-hybridized carbons (Fsp3) is 0.269. The Bertz CT molecular complexity index is 1200. The van der Waals surface area contributed by atoms with E-state index in [9.17, 15) is 14.7 Å². The van der Waals surface area contributed by atoms with Crippen molar-refractivity contribution < 1.29 is 24.2 Å². The second-order valence-electron chi connectivity index (χ2n) is 7.86. The van der Waals surface area contributed by atoms with Crippen LogP contribution in [-0.4, -0.2) is 48.8 Å². The van der Waals surface area contributed by atoms with Gasteiger partial charge in [0.1, 0.15) is 5.75 Å². The van der Waals surface area contributed by atoms with E-state index in [0.717, 1.165) is 35.2 Å². The number of pyridine rings is 1. The van der Waals surface area contributed by atoms with Crippen molar-refractivity contribution in [1.82, 2.24) is 10.3 Å². The van der Waals surface area contributed by atoms with E-state index >= 15 is 0 Å². The number of phenols is 1. The van der Waals surface area contributed by atoms with Crippen LogP contribution in [0.2, 0.25) is 0 Å². The highest BCUT2D eigenvalue weighted by Gasteiger charge is 2.26. The normalized spacial score (nSPS) is 14.2. The fourth-order valence-electron chi connectivity index (χ4n) is 4.03. The van der Waals surface area contributed by atoms with Gasteiger partial charge in [0.2, 0.25) is 0 Å². The molecule has 3 aromatic rings. The first kappa shape index (κ1) is 22.5. The monoisotopic (exact) mass is 446 g/mol. The van der Waals surface area contributed by atoms with Crippen LogP contribution in [0.1, 0.15) is 40.0 Å². The average Bonchev–Trinajstić information content (AvgIpc) is 2.83. The molecule has 0 unspecified atom stereocenters. The Balaban J connectivity index is 1.69. The first-order chi connectivity index (χ1) is 16.1. The summed E-state index contributed by atoms with van der Waals surface area (Å²) < 4.78 is 10.3. The molecule has 2 aromatic carbocycles. The SMILES string of the molecule is COCCNC(=O)COC(=O)c1c2c(nc3ccccc13)/C(=C\c1ccc(O)cc1)CCC2. The number of phenolic OH excluding ortho intramolecular Hbond substituents is 1. The van der Waals surface area contributed by atoms with Crippen molar-refractivity contribution in [1.29, 1.82) is 0 Å². The standard InChI is InChI=1S/C26H26N2O5/c1-32-14-13-27-23(30)16-33-26(31)24-20-6-2-3-8-22(20)28-25-18(5-4-7-21(24)25)15-17-9-11-19(29)12-10-17/h2-3,6,8-12,15,29H,4-5,7,13-14,16H2,1H3,(H,27,30)/b18-15-. The summed E-state index contributed by atoms with van der Waals surface area (Å²) in [5.41, 5.74) is 4.77. The van der Waals surface area contributed by atoms with Crippen molar-refractivity contribution in [3.8, 4) is 5.75 Å². The number of para-hydroxylation sites is 1. The highest BCUT2D eigenvalue weighted by molar-refractivity contribution is 6.07. The average molecular weight is 447 g/mol. The lowest BCUT2D eigenvalue weighted by Gasteiger charge is -2.22. The van der Waals surface area contributed by atoms with Gasteiger partial charge in [-0.05, 0) is 60.2 Å². The molecule has 1 heterocycles. The molecule has 1 aromatic heterocycles. The molecular weight excluding hydrogens is 420 g/mol. The van der Waals surface area contributed by atoms with Gasteiger partial charge in [0, 0.05) is 19.0 Å². The lowest BCUT2D eigenvalue weighted by atomic mass is 9.86. The maximum Gasteiger partial charge on any atom is 0.339 e. The first-order valence-electron chi connectivity index (χ1n) is 10.9. The Hall–Kier alpha value is -3.71. The molecule has 170 valence electrons. The molecule has 4 rings (SSSR count). The van der Waals surface area contributed by atoms with Crippen LogP contribution in [0.5, 0.6) is 5.75 Å². The predicted molar refractivity (Wildman–Crippen MR) is 126 cm³/mol. The Morgan fingerprint density at radius 1 is 1.12 bits per heavy atom. The van der Waals surface area contributed by atoms with Crippen LogP contribution in [0, 0.1) is 0 Å². The maximum atomic E-state index is 13.2. The minimum atomic E-state index is -0.530. The lowest BCUT2D eigenvalue weighted by Crippen LogP contribution is -2.31. The lowest BCUT2D eigenvalue weighted by molar-refractivity contribution is -0.124. The minimum Gasteiger partial charge on any atom is -0.508 e. The van der Waals surface area contributed by atoms with Gasteiger partial charge in [-0.1, -0.05) is 30.3 Å². The summed E-state index contributed by atoms with van der Waals surface area (Å²) in [7, 11) is 1.55. The van der Waals surface area contributed by atoms with Gasteiger partial charge in [-0.3, -0.25) is 4.79 Å². The van der Waals surface area contributed by atoms with Crippen molar-refractivity contribution >= 4 is 34.4 Å². The van der Waals surface area contributed by atoms with Gasteiger partial charge in [-0.2, -0.15) is 0 Å². The van der Waals surface area contributed by atoms with Gasteiger partial charge in [-0.15, -0.1) is 0 Å². The molecule has 7 nitrogen and oxygen atoms in total. The van der Waals surface area contributed by atoms with E-state index in [4.69, 9.17) is 14.5 Å². The molecular formula is C26H26N2O5. The molecule has 33 heavy (non-hydrogen) atoms. The van der Waals surface area contributed by atoms with E-state index in [1.165, 1.54) is 0 Å². The van der Waals surface area contributed by atoms with Gasteiger partial charge in [-0.25, -0.2) is 9.78 Å². The third-order valence-electron chi connectivity index (χ3n) is 5.57. The molecule has 0 aliphatic heterocycles. The molecule has 0 radical (unpaired) electrons. The summed E-state index contributed by atoms with van der Waals surface area (Å²) in [6.45, 7) is 0.383. The third kappa shape index (κ3) is 5.21. The second kappa shape index (κ2) is 10.3. The Kier molecular flexibility index (Phi) is 7.00. The number of benzene rings is 2. The van der Waals surface area contributed by atoms with Crippen molar-refractivity contribution in [2.75, 3.05) is 26.9 Å². The highest BCUT2D eigenvalue weighted by Crippen LogP contribution is 2.36. The largest absolute Gasteiger partial charge is 0.508 e. The molecule has 1 amide bonds. The molecule has 0 atom stereocenters. The number of hydrogen-bond acceptors (Lipinski definition) is 6. The number of rotatable bonds is 7. The molecule has 1 aliphatic rings. The molecule has 0 saturated carbocycles. The highest BCUT2D eigenvalue weighted by atomic mass is 16.5. The Labute approximate surface area is 192 Å². The van der Waals surface area contributed by atoms with E-state index < -0.39 is 5.97 Å². The Morgan fingerprint density at radius 2 is 1.91 bits per heavy atom. The number of hydrogen-bond donors (Lipinski definition) is 2. The van der Waals surface area contributed by atoms with Gasteiger partial charge in [0.25, 0.3) is 5.91 Å². The van der Waals surface area contributed by atoms with Gasteiger partial charge in [0.05, 0.1) is 23.4 Å². The number of methoxy groups -OCH3 is 1. The fourth-order valence-corrected chi connectivity index (χ4v) is 4.03. The Morgan fingerprint density at radius 3 is 2.70 bits per heavy atom. The van der Waals surface area contributed by atoms with Crippen molar-refractivity contribution in [3.05, 3.63) is 70.9 Å². The quantitative estimate of drug-likeness (QED) is 0.424. The summed E-state index contributed by atoms with van der Waals surface area (Å²) in [6.07, 6.45) is 4.44. The molecule has 0 bridgehead atoms. The van der Waals surface area contributed by atoms with E-state index in [2.05, 4.69) is 5.32 Å². The van der Waals surface area contributed by atoms with Gasteiger partial charge in [0.15, 0.2) is 6.61 Å². The van der Waals surface area contributed by atoms with Crippen LogP contribution in [-0.2, 0) is 20.7 Å². The number of carbonyl (C=O) groups is 2. The summed E-state index contributed by atoms with van der Waals surface area (Å²) >= 11 is 0. The molecule has 1 aliphatic carbocycles. The second-order valence-corrected chi connectivity index (χ2v) is 7.86. The smallest absolute Gasteiger partial charge is 0.339 e. The number of aromatic nitrogens is 1. The van der Waals surface area contributed by atoms with Crippen LogP contribution in [0.15, 0.2) is 48.5 Å². The van der Waals surface area contributed by atoms with Gasteiger partial charge >= 0.3 is 5.97 Å². The van der Waals surface area contributed by atoms with E-state index in [0.29, 0.717) is 36.0 Å². The zero-order valence-corrected chi connectivity index (χ0v) is 18.5. The van der Waals surface area contributed by atoms with Gasteiger partial charge < -0.3 is 19.9 Å². The number of nitrogens with one attached hydrogen (secondary N) is 1. The van der Waals surface area contributed by atoms with Crippen LogP contribution >= 0.6 is 0 Å². The topological polar surface area (TPSA) is 97.8 Å². The van der Waals surface area contributed by atoms with Crippen LogP contribution in [0.4, 0.5) is 0 Å². The predicted octanol–water partition coefficient (Wildman–Crippen LogP) is 3.74. The molecule has 0 spiro atoms. The molecule has 0 fully saturated rings. The van der Waals surface area contributed by atoms with Crippen LogP contribution in [0.25, 0.3) is 22.6 Å². The van der Waals surface area contributed by atoms with E-state index in [1.807, 2.05) is 42.5 Å². The zero-order chi connectivity index (χ0) is 23.2. The van der Waals surface area contributed by atoms with Crippen molar-refractivity contribution in [2.24, 2.45) is 0 Å². The number of carbonyl (C=O) groups excluding carboxylic acids is 2. The summed E-state index contributed by atoms with van der Waals surface area (Å²) in [6, 6.07) is 14.4. The number of aromatic hydroxyl groups is 1. The number of nitrogens with zero attached hydrogens (tertiary/aromatic N) is 1. The number of esters is 1. The van der Waals surface area contributed by atoms with E-state index in [1.54, 1.807) is 19.2 Å². The summed E-state index contributed by atoms with van der Waals surface area (Å²) in [5.74, 6) is -0.695. The summed E-state index contributed by atoms with van der Waals surface area (Å²) in [5, 5.41) is 12.9. The van der Waals surface area contributed by atoms with Crippen molar-refractivity contribution in [3.63, 3.8) is 0 Å². The minimum absolute atomic E-state index is 0.210. The van der Waals surface area contributed by atoms with Crippen molar-refractivity contribution in [2.45, 2.75) is 19.3 Å². The van der Waals surface area contributed by atoms with E-state index in [-0.39, 0.29) is 18.3 Å². The number of amides is 1. The third-order valence-corrected chi connectivity index (χ3v) is 5.57. The first-order valence-corrected chi connectivity index (χ1v) is 10.9. The van der Waals surface area contributed by atoms with Crippen LogP contribution < -0.4 is 5.32 Å². The molecule has 0 saturated heterocycles. The molecule has 7 heteroatoms. The summed E-state index contributed by atoms with van der Waals surface area (Å²) in [4.78, 5) is 30.0. The zero-order valence-electron chi connectivity index (χ0n) is 18.5. The number of allylic oxidation sites excluding steroid dienone is 1. The number of ether oxygens (including phenoxy) is 2.